The Balaban J connectivity index is 3.09. The van der Waals surface area contributed by atoms with Crippen molar-refractivity contribution >= 4 is 27.3 Å². The van der Waals surface area contributed by atoms with Gasteiger partial charge in [0.1, 0.15) is 0 Å². The quantitative estimate of drug-likeness (QED) is 0.872. The molecule has 0 amide bonds. The van der Waals surface area contributed by atoms with Gasteiger partial charge in [0.2, 0.25) is 0 Å². The molecule has 14 heavy (non-hydrogen) atoms. The summed E-state index contributed by atoms with van der Waals surface area (Å²) in [6.07, 6.45) is -4.28. The Morgan fingerprint density at radius 1 is 1.50 bits per heavy atom. The van der Waals surface area contributed by atoms with E-state index in [1.165, 1.54) is 0 Å². The maximum atomic E-state index is 12.4. The van der Waals surface area contributed by atoms with Gasteiger partial charge in [-0.05, 0) is 29.9 Å². The molecule has 0 bridgehead atoms. The Hall–Kier alpha value is -0.0700. The summed E-state index contributed by atoms with van der Waals surface area (Å²) in [4.78, 5) is 0.667. The van der Waals surface area contributed by atoms with Crippen LogP contribution in [-0.4, -0.2) is 7.05 Å². The van der Waals surface area contributed by atoms with Crippen LogP contribution in [0.15, 0.2) is 9.85 Å². The van der Waals surface area contributed by atoms with Crippen molar-refractivity contribution in [3.63, 3.8) is 0 Å². The molecule has 0 aliphatic heterocycles. The predicted octanol–water partition coefficient (Wildman–Crippen LogP) is 3.81. The Kier molecular flexibility index (Phi) is 3.60. The molecule has 0 aromatic carbocycles. The smallest absolute Gasteiger partial charge is 0.313 e. The van der Waals surface area contributed by atoms with Gasteiger partial charge in [-0.15, -0.1) is 11.3 Å². The maximum absolute atomic E-state index is 12.4. The molecule has 0 radical (unpaired) electrons. The fraction of sp³-hybridized carbons (Fsp3) is 0.500. The lowest BCUT2D eigenvalue weighted by Crippen LogP contribution is -2.12. The molecule has 0 aliphatic rings. The third-order valence-corrected chi connectivity index (χ3v) is 4.17. The normalized spacial score (nSPS) is 14.4. The van der Waals surface area contributed by atoms with Crippen LogP contribution in [-0.2, 0) is 6.18 Å². The van der Waals surface area contributed by atoms with Crippen LogP contribution in [0, 0.1) is 0 Å². The van der Waals surface area contributed by atoms with Crippen molar-refractivity contribution in [3.8, 4) is 0 Å². The number of rotatable bonds is 2. The average molecular weight is 288 g/mol. The molecule has 1 atom stereocenters. The summed E-state index contributed by atoms with van der Waals surface area (Å²) in [6.45, 7) is 1.82. The van der Waals surface area contributed by atoms with Crippen LogP contribution < -0.4 is 5.32 Å². The van der Waals surface area contributed by atoms with E-state index < -0.39 is 11.7 Å². The van der Waals surface area contributed by atoms with Gasteiger partial charge in [-0.3, -0.25) is 0 Å². The van der Waals surface area contributed by atoms with Gasteiger partial charge in [0, 0.05) is 20.8 Å². The summed E-state index contributed by atoms with van der Waals surface area (Å²) in [5.41, 5.74) is -0.598. The molecule has 1 nitrogen and oxygen atoms in total. The van der Waals surface area contributed by atoms with E-state index >= 15 is 0 Å². The first-order valence-electron chi connectivity index (χ1n) is 3.89. The van der Waals surface area contributed by atoms with Gasteiger partial charge in [0.05, 0.1) is 5.56 Å². The van der Waals surface area contributed by atoms with Crippen LogP contribution in [0.3, 0.4) is 0 Å². The highest BCUT2D eigenvalue weighted by Gasteiger charge is 2.35. The SMILES string of the molecule is CNC(C)c1scc(C(F)(F)F)c1Br. The summed E-state index contributed by atoms with van der Waals surface area (Å²) in [5.74, 6) is 0. The Morgan fingerprint density at radius 3 is 2.43 bits per heavy atom. The van der Waals surface area contributed by atoms with Crippen LogP contribution in [0.25, 0.3) is 0 Å². The lowest BCUT2D eigenvalue weighted by atomic mass is 10.2. The lowest BCUT2D eigenvalue weighted by molar-refractivity contribution is -0.137. The topological polar surface area (TPSA) is 12.0 Å². The standard InChI is InChI=1S/C8H9BrF3NS/c1-4(13-2)7-6(9)5(3-14-7)8(10,11)12/h3-4,13H,1-2H3. The molecule has 0 fully saturated rings. The molecule has 1 N–H and O–H groups in total. The predicted molar refractivity (Wildman–Crippen MR) is 54.5 cm³/mol. The van der Waals surface area contributed by atoms with E-state index in [9.17, 15) is 13.2 Å². The van der Waals surface area contributed by atoms with Crippen molar-refractivity contribution in [1.82, 2.24) is 5.32 Å². The third-order valence-electron chi connectivity index (χ3n) is 1.89. The van der Waals surface area contributed by atoms with Crippen molar-refractivity contribution in [3.05, 3.63) is 20.3 Å². The molecule has 1 unspecified atom stereocenters. The average Bonchev–Trinajstić information content (AvgIpc) is 2.45. The molecule has 0 spiro atoms. The third kappa shape index (κ3) is 2.29. The number of hydrogen-bond acceptors (Lipinski definition) is 2. The van der Waals surface area contributed by atoms with E-state index in [1.54, 1.807) is 7.05 Å². The molecule has 1 aromatic heterocycles. The largest absolute Gasteiger partial charge is 0.418 e. The molecule has 0 aliphatic carbocycles. The Bertz CT molecular complexity index is 321. The van der Waals surface area contributed by atoms with E-state index in [0.29, 0.717) is 4.88 Å². The highest BCUT2D eigenvalue weighted by Crippen LogP contribution is 2.41. The minimum atomic E-state index is -4.28. The first kappa shape index (κ1) is 12.0. The zero-order valence-corrected chi connectivity index (χ0v) is 9.98. The molecule has 1 heterocycles. The summed E-state index contributed by atoms with van der Waals surface area (Å²) in [5, 5.41) is 4.03. The van der Waals surface area contributed by atoms with Gasteiger partial charge < -0.3 is 5.32 Å². The van der Waals surface area contributed by atoms with Crippen LogP contribution in [0.2, 0.25) is 0 Å². The number of alkyl halides is 3. The van der Waals surface area contributed by atoms with Crippen LogP contribution in [0.5, 0.6) is 0 Å². The molecular weight excluding hydrogens is 279 g/mol. The zero-order valence-electron chi connectivity index (χ0n) is 7.57. The van der Waals surface area contributed by atoms with Gasteiger partial charge >= 0.3 is 6.18 Å². The van der Waals surface area contributed by atoms with Crippen LogP contribution in [0.4, 0.5) is 13.2 Å². The molecule has 0 saturated heterocycles. The second-order valence-electron chi connectivity index (χ2n) is 2.84. The first-order valence-corrected chi connectivity index (χ1v) is 5.56. The van der Waals surface area contributed by atoms with Crippen molar-refractivity contribution in [1.29, 1.82) is 0 Å². The first-order chi connectivity index (χ1) is 6.38. The van der Waals surface area contributed by atoms with Crippen molar-refractivity contribution in [2.24, 2.45) is 0 Å². The van der Waals surface area contributed by atoms with Crippen molar-refractivity contribution in [2.75, 3.05) is 7.05 Å². The van der Waals surface area contributed by atoms with Gasteiger partial charge in [0.15, 0.2) is 0 Å². The van der Waals surface area contributed by atoms with Gasteiger partial charge in [-0.25, -0.2) is 0 Å². The minimum absolute atomic E-state index is 0.0783. The van der Waals surface area contributed by atoms with E-state index in [4.69, 9.17) is 0 Å². The fourth-order valence-corrected chi connectivity index (χ4v) is 3.12. The van der Waals surface area contributed by atoms with Gasteiger partial charge in [-0.1, -0.05) is 0 Å². The lowest BCUT2D eigenvalue weighted by Gasteiger charge is -2.09. The van der Waals surface area contributed by atoms with E-state index in [2.05, 4.69) is 21.2 Å². The number of thiophene rings is 1. The highest BCUT2D eigenvalue weighted by atomic mass is 79.9. The summed E-state index contributed by atoms with van der Waals surface area (Å²) in [7, 11) is 1.71. The molecule has 1 rings (SSSR count). The summed E-state index contributed by atoms with van der Waals surface area (Å²) in [6, 6.07) is -0.0783. The van der Waals surface area contributed by atoms with E-state index in [1.807, 2.05) is 6.92 Å². The second-order valence-corrected chi connectivity index (χ2v) is 4.54. The minimum Gasteiger partial charge on any atom is -0.313 e. The molecular formula is C8H9BrF3NS. The van der Waals surface area contributed by atoms with Crippen LogP contribution >= 0.6 is 27.3 Å². The summed E-state index contributed by atoms with van der Waals surface area (Å²) < 4.78 is 37.3. The van der Waals surface area contributed by atoms with Crippen molar-refractivity contribution < 1.29 is 13.2 Å². The van der Waals surface area contributed by atoms with Crippen LogP contribution in [0.1, 0.15) is 23.4 Å². The second kappa shape index (κ2) is 4.20. The van der Waals surface area contributed by atoms with Crippen molar-refractivity contribution in [2.45, 2.75) is 19.1 Å². The molecule has 1 aromatic rings. The van der Waals surface area contributed by atoms with Gasteiger partial charge in [0.25, 0.3) is 0 Å². The Morgan fingerprint density at radius 2 is 2.07 bits per heavy atom. The molecule has 0 saturated carbocycles. The molecule has 80 valence electrons. The van der Waals surface area contributed by atoms with E-state index in [0.717, 1.165) is 16.7 Å². The fourth-order valence-electron chi connectivity index (χ4n) is 0.973. The number of halogens is 4. The van der Waals surface area contributed by atoms with Gasteiger partial charge in [-0.2, -0.15) is 13.2 Å². The van der Waals surface area contributed by atoms with E-state index in [-0.39, 0.29) is 10.5 Å². The number of nitrogens with one attached hydrogen (secondary N) is 1. The molecule has 6 heteroatoms. The summed E-state index contributed by atoms with van der Waals surface area (Å²) >= 11 is 4.09. The monoisotopic (exact) mass is 287 g/mol. The highest BCUT2D eigenvalue weighted by molar-refractivity contribution is 9.10. The zero-order chi connectivity index (χ0) is 10.9. The number of hydrogen-bond donors (Lipinski definition) is 1. The Labute approximate surface area is 92.4 Å². The maximum Gasteiger partial charge on any atom is 0.418 e.